The summed E-state index contributed by atoms with van der Waals surface area (Å²) in [5, 5.41) is 14.6. The molecule has 0 spiro atoms. The van der Waals surface area contributed by atoms with E-state index in [2.05, 4.69) is 20.9 Å². The Morgan fingerprint density at radius 3 is 2.58 bits per heavy atom. The van der Waals surface area contributed by atoms with Crippen LogP contribution in [-0.2, 0) is 21.8 Å². The number of imidazole rings is 1. The van der Waals surface area contributed by atoms with E-state index in [1.165, 1.54) is 0 Å². The van der Waals surface area contributed by atoms with Crippen molar-refractivity contribution in [2.45, 2.75) is 18.4 Å². The highest BCUT2D eigenvalue weighted by atomic mass is 79.9. The minimum atomic E-state index is -1.50. The highest BCUT2D eigenvalue weighted by Crippen LogP contribution is 2.44. The Morgan fingerprint density at radius 2 is 1.94 bits per heavy atom. The maximum atomic E-state index is 8.36. The lowest BCUT2D eigenvalue weighted by atomic mass is 10.1. The lowest BCUT2D eigenvalue weighted by molar-refractivity contribution is -0.742. The third-order valence-electron chi connectivity index (χ3n) is 4.50. The number of aromatic nitrogens is 2. The number of ether oxygens (including phenoxy) is 3. The van der Waals surface area contributed by atoms with Crippen LogP contribution < -0.4 is 4.74 Å². The molecule has 0 radical (unpaired) electrons. The molecule has 2 aromatic carbocycles. The molecule has 33 heavy (non-hydrogen) atoms. The van der Waals surface area contributed by atoms with Gasteiger partial charge in [0, 0.05) is 22.4 Å². The van der Waals surface area contributed by atoms with Gasteiger partial charge >= 0.3 is 0 Å². The molecule has 3 aromatic rings. The van der Waals surface area contributed by atoms with Gasteiger partial charge in [0.05, 0.1) is 34.5 Å². The molecule has 0 aliphatic carbocycles. The summed E-state index contributed by atoms with van der Waals surface area (Å²) in [6.45, 7) is 1.01. The van der Waals surface area contributed by atoms with E-state index < -0.39 is 10.9 Å². The van der Waals surface area contributed by atoms with Crippen LogP contribution in [0.4, 0.5) is 0 Å². The maximum absolute atomic E-state index is 8.36. The van der Waals surface area contributed by atoms with Crippen LogP contribution in [0.3, 0.4) is 0 Å². The van der Waals surface area contributed by atoms with Gasteiger partial charge in [-0.1, -0.05) is 56.8 Å². The van der Waals surface area contributed by atoms with Gasteiger partial charge in [-0.2, -0.15) is 0 Å². The second kappa shape index (κ2) is 11.4. The molecule has 13 heteroatoms. The zero-order valence-electron chi connectivity index (χ0n) is 16.7. The van der Waals surface area contributed by atoms with Gasteiger partial charge in [-0.3, -0.25) is 0 Å². The number of hydrogen-bond acceptors (Lipinski definition) is 6. The molecule has 1 saturated heterocycles. The van der Waals surface area contributed by atoms with Gasteiger partial charge in [-0.25, -0.2) is 4.98 Å². The summed E-state index contributed by atoms with van der Waals surface area (Å²) in [5.74, 6) is -0.392. The fourth-order valence-corrected chi connectivity index (χ4v) is 4.06. The third-order valence-corrected chi connectivity index (χ3v) is 6.33. The topological polar surface area (TPSA) is 109 Å². The Kier molecular flexibility index (Phi) is 8.80. The quantitative estimate of drug-likeness (QED) is 0.229. The maximum Gasteiger partial charge on any atom is 0.291 e. The SMILES string of the molecule is Clc1ccc(C2(Cn3ccnc3)OCC(COc3ccc(Br)cc3)O2)c(Cl)c1Cl.O=[N+]([O-])O. The van der Waals surface area contributed by atoms with Crippen LogP contribution in [-0.4, -0.2) is 39.2 Å². The van der Waals surface area contributed by atoms with Crippen LogP contribution in [0.5, 0.6) is 5.75 Å². The highest BCUT2D eigenvalue weighted by molar-refractivity contribution is 9.10. The number of nitrogens with zero attached hydrogens (tertiary/aromatic N) is 3. The fourth-order valence-electron chi connectivity index (χ4n) is 3.12. The summed E-state index contributed by atoms with van der Waals surface area (Å²) in [7, 11) is 0. The molecule has 1 aromatic heterocycles. The van der Waals surface area contributed by atoms with Gasteiger partial charge in [0.25, 0.3) is 5.09 Å². The Labute approximate surface area is 212 Å². The average molecular weight is 582 g/mol. The van der Waals surface area contributed by atoms with Crippen molar-refractivity contribution < 1.29 is 24.5 Å². The minimum Gasteiger partial charge on any atom is -0.491 e. The van der Waals surface area contributed by atoms with Crippen molar-refractivity contribution in [1.82, 2.24) is 9.55 Å². The standard InChI is InChI=1S/C20H16BrCl3N2O3.HNO3/c21-13-1-3-14(4-2-13)27-9-15-10-28-20(29-15,11-26-8-7-25-12-26)16-5-6-17(22)19(24)18(16)23;2-1(3)4/h1-8,12,15H,9-11H2;(H,2,3,4). The number of benzene rings is 2. The Hall–Kier alpha value is -2.08. The van der Waals surface area contributed by atoms with Gasteiger partial charge in [0.15, 0.2) is 0 Å². The summed E-state index contributed by atoms with van der Waals surface area (Å²) < 4.78 is 21.2. The van der Waals surface area contributed by atoms with E-state index in [4.69, 9.17) is 64.3 Å². The van der Waals surface area contributed by atoms with Crippen LogP contribution in [0, 0.1) is 10.1 Å². The number of rotatable bonds is 6. The molecule has 1 fully saturated rings. The molecule has 9 nitrogen and oxygen atoms in total. The van der Waals surface area contributed by atoms with Crippen LogP contribution in [0.15, 0.2) is 59.6 Å². The highest BCUT2D eigenvalue weighted by Gasteiger charge is 2.45. The molecule has 1 N–H and O–H groups in total. The van der Waals surface area contributed by atoms with Crippen molar-refractivity contribution >= 4 is 50.7 Å². The van der Waals surface area contributed by atoms with E-state index in [-0.39, 0.29) is 11.1 Å². The first-order chi connectivity index (χ1) is 15.7. The molecule has 0 saturated carbocycles. The fraction of sp³-hybridized carbons (Fsp3) is 0.250. The van der Waals surface area contributed by atoms with Crippen molar-refractivity contribution in [2.75, 3.05) is 13.2 Å². The van der Waals surface area contributed by atoms with Crippen LogP contribution >= 0.6 is 50.7 Å². The predicted molar refractivity (Wildman–Crippen MR) is 125 cm³/mol. The van der Waals surface area contributed by atoms with Crippen LogP contribution in [0.1, 0.15) is 5.56 Å². The first-order valence-electron chi connectivity index (χ1n) is 9.33. The molecule has 1 aliphatic rings. The van der Waals surface area contributed by atoms with Crippen molar-refractivity contribution in [3.63, 3.8) is 0 Å². The second-order valence-corrected chi connectivity index (χ2v) is 8.84. The second-order valence-electron chi connectivity index (χ2n) is 6.76. The molecule has 2 unspecified atom stereocenters. The van der Waals surface area contributed by atoms with Crippen molar-refractivity contribution in [2.24, 2.45) is 0 Å². The zero-order valence-corrected chi connectivity index (χ0v) is 20.6. The molecule has 4 rings (SSSR count). The molecule has 0 amide bonds. The number of halogens is 4. The molecule has 2 heterocycles. The van der Waals surface area contributed by atoms with E-state index in [1.807, 2.05) is 35.0 Å². The van der Waals surface area contributed by atoms with Crippen molar-refractivity contribution in [1.29, 1.82) is 0 Å². The molecule has 0 bridgehead atoms. The molecular weight excluding hydrogens is 564 g/mol. The van der Waals surface area contributed by atoms with Crippen LogP contribution in [0.25, 0.3) is 0 Å². The summed E-state index contributed by atoms with van der Waals surface area (Å²) in [4.78, 5) is 12.4. The zero-order chi connectivity index (χ0) is 24.0. The smallest absolute Gasteiger partial charge is 0.291 e. The van der Waals surface area contributed by atoms with Crippen LogP contribution in [0.2, 0.25) is 15.1 Å². The largest absolute Gasteiger partial charge is 0.491 e. The lowest BCUT2D eigenvalue weighted by Crippen LogP contribution is -2.34. The number of hydrogen-bond donors (Lipinski definition) is 1. The molecular formula is C20H17BrCl3N3O6. The molecule has 176 valence electrons. The molecule has 2 atom stereocenters. The summed E-state index contributed by atoms with van der Waals surface area (Å²) >= 11 is 22.3. The van der Waals surface area contributed by atoms with Gasteiger partial charge < -0.3 is 24.0 Å². The van der Waals surface area contributed by atoms with E-state index in [0.29, 0.717) is 35.4 Å². The van der Waals surface area contributed by atoms with Gasteiger partial charge in [-0.15, -0.1) is 10.1 Å². The Bertz CT molecular complexity index is 1080. The average Bonchev–Trinajstić information content (AvgIpc) is 3.42. The van der Waals surface area contributed by atoms with Gasteiger partial charge in [-0.05, 0) is 30.3 Å². The first-order valence-corrected chi connectivity index (χ1v) is 11.3. The predicted octanol–water partition coefficient (Wildman–Crippen LogP) is 5.61. The summed E-state index contributed by atoms with van der Waals surface area (Å²) in [6, 6.07) is 11.0. The van der Waals surface area contributed by atoms with Crippen molar-refractivity contribution in [3.8, 4) is 5.75 Å². The van der Waals surface area contributed by atoms with Gasteiger partial charge in [0.1, 0.15) is 18.5 Å². The van der Waals surface area contributed by atoms with E-state index in [1.54, 1.807) is 24.7 Å². The lowest BCUT2D eigenvalue weighted by Gasteiger charge is -2.30. The van der Waals surface area contributed by atoms with E-state index in [9.17, 15) is 0 Å². The van der Waals surface area contributed by atoms with Crippen molar-refractivity contribution in [3.05, 3.63) is 90.3 Å². The van der Waals surface area contributed by atoms with E-state index >= 15 is 0 Å². The van der Waals surface area contributed by atoms with Gasteiger partial charge in [0.2, 0.25) is 5.79 Å². The monoisotopic (exact) mass is 579 g/mol. The third kappa shape index (κ3) is 6.72. The normalized spacial score (nSPS) is 19.6. The first kappa shape index (κ1) is 25.5. The minimum absolute atomic E-state index is 0.262. The summed E-state index contributed by atoms with van der Waals surface area (Å²) in [5.41, 5.74) is 0.605. The Morgan fingerprint density at radius 1 is 1.24 bits per heavy atom. The summed E-state index contributed by atoms with van der Waals surface area (Å²) in [6.07, 6.45) is 4.90. The Balaban J connectivity index is 0.000000709. The molecule has 1 aliphatic heterocycles. The van der Waals surface area contributed by atoms with E-state index in [0.717, 1.165) is 10.2 Å².